The van der Waals surface area contributed by atoms with Gasteiger partial charge in [-0.2, -0.15) is 31.4 Å². The van der Waals surface area contributed by atoms with Crippen LogP contribution in [0.5, 0.6) is 0 Å². The van der Waals surface area contributed by atoms with Gasteiger partial charge in [0.2, 0.25) is 0 Å². The minimum atomic E-state index is -5.50. The third-order valence-corrected chi connectivity index (χ3v) is 3.27. The Morgan fingerprint density at radius 1 is 1.15 bits per heavy atom. The van der Waals surface area contributed by atoms with Gasteiger partial charge < -0.3 is 5.73 Å². The second kappa shape index (κ2) is 5.55. The Labute approximate surface area is 119 Å². The zero-order valence-electron chi connectivity index (χ0n) is 10.4. The first kappa shape index (κ1) is 17.3. The predicted molar refractivity (Wildman–Crippen MR) is 62.8 cm³/mol. The monoisotopic (exact) mass is 367 g/mol. The molecule has 0 saturated heterocycles. The number of alkyl halides is 6. The van der Waals surface area contributed by atoms with E-state index in [2.05, 4.69) is 21.0 Å². The summed E-state index contributed by atoms with van der Waals surface area (Å²) in [5.41, 5.74) is 4.93. The van der Waals surface area contributed by atoms with Crippen LogP contribution in [0.15, 0.2) is 10.7 Å². The number of aromatic nitrogens is 2. The third kappa shape index (κ3) is 3.46. The Morgan fingerprint density at radius 3 is 1.95 bits per heavy atom. The standard InChI is InChI=1S/C10H12BrF6N3/c1-4(2)20-7(5(11)3-19-20)6(18)8(9(12,13)14)10(15,16)17/h3-4,6,8H,18H2,1-2H3. The van der Waals surface area contributed by atoms with Crippen molar-refractivity contribution in [2.45, 2.75) is 38.3 Å². The second-order valence-electron chi connectivity index (χ2n) is 4.50. The molecule has 1 aromatic rings. The molecule has 0 radical (unpaired) electrons. The molecule has 1 rings (SSSR count). The quantitative estimate of drug-likeness (QED) is 0.821. The van der Waals surface area contributed by atoms with Gasteiger partial charge in [-0.25, -0.2) is 0 Å². The molecule has 0 fully saturated rings. The van der Waals surface area contributed by atoms with Crippen molar-refractivity contribution in [3.8, 4) is 0 Å². The first-order chi connectivity index (χ1) is 8.87. The van der Waals surface area contributed by atoms with Crippen molar-refractivity contribution < 1.29 is 26.3 Å². The van der Waals surface area contributed by atoms with Crippen molar-refractivity contribution in [3.05, 3.63) is 16.4 Å². The Morgan fingerprint density at radius 2 is 1.60 bits per heavy atom. The van der Waals surface area contributed by atoms with Gasteiger partial charge in [-0.05, 0) is 29.8 Å². The molecule has 1 unspecified atom stereocenters. The first-order valence-corrected chi connectivity index (χ1v) is 6.28. The Kier molecular flexibility index (Phi) is 4.79. The summed E-state index contributed by atoms with van der Waals surface area (Å²) in [6.07, 6.45) is -9.87. The highest BCUT2D eigenvalue weighted by Crippen LogP contribution is 2.46. The smallest absolute Gasteiger partial charge is 0.322 e. The van der Waals surface area contributed by atoms with E-state index in [0.717, 1.165) is 10.9 Å². The number of halogens is 7. The fourth-order valence-electron chi connectivity index (χ4n) is 1.82. The zero-order chi connectivity index (χ0) is 15.9. The summed E-state index contributed by atoms with van der Waals surface area (Å²) >= 11 is 2.89. The van der Waals surface area contributed by atoms with Gasteiger partial charge in [-0.3, -0.25) is 4.68 Å². The first-order valence-electron chi connectivity index (χ1n) is 5.49. The highest BCUT2D eigenvalue weighted by atomic mass is 79.9. The summed E-state index contributed by atoms with van der Waals surface area (Å²) in [5.74, 6) is -3.65. The van der Waals surface area contributed by atoms with Crippen LogP contribution >= 0.6 is 15.9 Å². The summed E-state index contributed by atoms with van der Waals surface area (Å²) in [6.45, 7) is 3.15. The van der Waals surface area contributed by atoms with Gasteiger partial charge in [0.1, 0.15) is 0 Å². The summed E-state index contributed by atoms with van der Waals surface area (Å²) in [6, 6.07) is -2.72. The molecule has 1 atom stereocenters. The maximum Gasteiger partial charge on any atom is 0.402 e. The fourth-order valence-corrected chi connectivity index (χ4v) is 2.36. The molecule has 1 heterocycles. The van der Waals surface area contributed by atoms with Crippen LogP contribution in [0.25, 0.3) is 0 Å². The predicted octanol–water partition coefficient (Wildman–Crippen LogP) is 3.97. The molecule has 10 heteroatoms. The summed E-state index contributed by atoms with van der Waals surface area (Å²) in [5, 5.41) is 3.74. The highest BCUT2D eigenvalue weighted by Gasteiger charge is 2.60. The van der Waals surface area contributed by atoms with Crippen LogP contribution in [0.2, 0.25) is 0 Å². The molecule has 0 bridgehead atoms. The fraction of sp³-hybridized carbons (Fsp3) is 0.700. The molecular formula is C10H12BrF6N3. The number of rotatable bonds is 3. The lowest BCUT2D eigenvalue weighted by Gasteiger charge is -2.29. The lowest BCUT2D eigenvalue weighted by molar-refractivity contribution is -0.290. The molecule has 0 aromatic carbocycles. The molecule has 20 heavy (non-hydrogen) atoms. The van der Waals surface area contributed by atoms with E-state index in [4.69, 9.17) is 5.73 Å². The van der Waals surface area contributed by atoms with Crippen LogP contribution in [0.4, 0.5) is 26.3 Å². The van der Waals surface area contributed by atoms with Crippen LogP contribution in [0.3, 0.4) is 0 Å². The average molecular weight is 368 g/mol. The molecule has 0 aliphatic carbocycles. The van der Waals surface area contributed by atoms with Crippen LogP contribution < -0.4 is 5.73 Å². The van der Waals surface area contributed by atoms with E-state index in [9.17, 15) is 26.3 Å². The Hall–Kier alpha value is -0.770. The average Bonchev–Trinajstić information content (AvgIpc) is 2.55. The molecule has 1 aromatic heterocycles. The number of hydrogen-bond donors (Lipinski definition) is 1. The van der Waals surface area contributed by atoms with E-state index < -0.39 is 30.4 Å². The van der Waals surface area contributed by atoms with Gasteiger partial charge in [0.15, 0.2) is 5.92 Å². The van der Waals surface area contributed by atoms with Crippen LogP contribution in [0, 0.1) is 5.92 Å². The number of nitrogens with two attached hydrogens (primary N) is 1. The number of nitrogens with zero attached hydrogens (tertiary/aromatic N) is 2. The van der Waals surface area contributed by atoms with E-state index in [1.54, 1.807) is 13.8 Å². The summed E-state index contributed by atoms with van der Waals surface area (Å²) in [4.78, 5) is 0. The van der Waals surface area contributed by atoms with E-state index in [1.807, 2.05) is 0 Å². The molecule has 0 aliphatic rings. The lowest BCUT2D eigenvalue weighted by Crippen LogP contribution is -2.44. The third-order valence-electron chi connectivity index (χ3n) is 2.66. The van der Waals surface area contributed by atoms with E-state index in [0.29, 0.717) is 0 Å². The topological polar surface area (TPSA) is 43.8 Å². The SMILES string of the molecule is CC(C)n1ncc(Br)c1C(N)C(C(F)(F)F)C(F)(F)F. The molecule has 0 saturated carbocycles. The second-order valence-corrected chi connectivity index (χ2v) is 5.36. The van der Waals surface area contributed by atoms with Gasteiger partial charge >= 0.3 is 12.4 Å². The van der Waals surface area contributed by atoms with Crippen molar-refractivity contribution in [2.75, 3.05) is 0 Å². The molecule has 0 aliphatic heterocycles. The van der Waals surface area contributed by atoms with Crippen molar-refractivity contribution in [3.63, 3.8) is 0 Å². The van der Waals surface area contributed by atoms with Crippen molar-refractivity contribution in [1.82, 2.24) is 9.78 Å². The van der Waals surface area contributed by atoms with Gasteiger partial charge in [-0.1, -0.05) is 0 Å². The van der Waals surface area contributed by atoms with Crippen molar-refractivity contribution in [2.24, 2.45) is 11.7 Å². The van der Waals surface area contributed by atoms with E-state index in [-0.39, 0.29) is 10.2 Å². The van der Waals surface area contributed by atoms with Crippen molar-refractivity contribution in [1.29, 1.82) is 0 Å². The van der Waals surface area contributed by atoms with E-state index >= 15 is 0 Å². The number of hydrogen-bond acceptors (Lipinski definition) is 2. The minimum absolute atomic E-state index is 0.0113. The highest BCUT2D eigenvalue weighted by molar-refractivity contribution is 9.10. The van der Waals surface area contributed by atoms with Gasteiger partial charge in [0.05, 0.1) is 22.4 Å². The molecule has 0 spiro atoms. The van der Waals surface area contributed by atoms with E-state index in [1.165, 1.54) is 0 Å². The lowest BCUT2D eigenvalue weighted by atomic mass is 9.96. The Balaban J connectivity index is 3.34. The molecule has 0 amide bonds. The summed E-state index contributed by atoms with van der Waals surface area (Å²) in [7, 11) is 0. The Bertz CT molecular complexity index is 451. The zero-order valence-corrected chi connectivity index (χ0v) is 12.0. The molecular weight excluding hydrogens is 356 g/mol. The van der Waals surface area contributed by atoms with Crippen LogP contribution in [-0.4, -0.2) is 22.1 Å². The molecule has 3 nitrogen and oxygen atoms in total. The largest absolute Gasteiger partial charge is 0.402 e. The van der Waals surface area contributed by atoms with Gasteiger partial charge in [0, 0.05) is 6.04 Å². The molecule has 116 valence electrons. The maximum atomic E-state index is 12.7. The molecule has 2 N–H and O–H groups in total. The normalized spacial score (nSPS) is 15.2. The van der Waals surface area contributed by atoms with Crippen LogP contribution in [-0.2, 0) is 0 Å². The van der Waals surface area contributed by atoms with Crippen LogP contribution in [0.1, 0.15) is 31.6 Å². The van der Waals surface area contributed by atoms with Gasteiger partial charge in [-0.15, -0.1) is 0 Å². The maximum absolute atomic E-state index is 12.7. The van der Waals surface area contributed by atoms with Gasteiger partial charge in [0.25, 0.3) is 0 Å². The summed E-state index contributed by atoms with van der Waals surface area (Å²) < 4.78 is 77.1. The minimum Gasteiger partial charge on any atom is -0.322 e. The van der Waals surface area contributed by atoms with Crippen molar-refractivity contribution >= 4 is 15.9 Å².